The summed E-state index contributed by atoms with van der Waals surface area (Å²) in [4.78, 5) is 0. The Morgan fingerprint density at radius 1 is 1.21 bits per heavy atom. The summed E-state index contributed by atoms with van der Waals surface area (Å²) in [6, 6.07) is 1.86. The van der Waals surface area contributed by atoms with Crippen LogP contribution in [0.1, 0.15) is 57.8 Å². The van der Waals surface area contributed by atoms with Crippen LogP contribution in [-0.2, 0) is 0 Å². The van der Waals surface area contributed by atoms with Gasteiger partial charge < -0.3 is 5.73 Å². The molecule has 0 aromatic heterocycles. The topological polar surface area (TPSA) is 49.8 Å². The predicted molar refractivity (Wildman–Crippen MR) is 58.6 cm³/mol. The summed E-state index contributed by atoms with van der Waals surface area (Å²) in [7, 11) is 0. The van der Waals surface area contributed by atoms with Crippen LogP contribution in [0.4, 0.5) is 0 Å². The van der Waals surface area contributed by atoms with E-state index in [-0.39, 0.29) is 6.04 Å². The SMILES string of the molecule is N#CC(N)CCCC1CCCCCC1. The van der Waals surface area contributed by atoms with Crippen molar-refractivity contribution in [2.75, 3.05) is 0 Å². The fraction of sp³-hybridized carbons (Fsp3) is 0.917. The summed E-state index contributed by atoms with van der Waals surface area (Å²) < 4.78 is 0. The van der Waals surface area contributed by atoms with E-state index >= 15 is 0 Å². The minimum Gasteiger partial charge on any atom is -0.316 e. The highest BCUT2D eigenvalue weighted by atomic mass is 14.6. The number of rotatable bonds is 4. The molecule has 0 bridgehead atoms. The molecule has 14 heavy (non-hydrogen) atoms. The van der Waals surface area contributed by atoms with Crippen molar-refractivity contribution in [3.63, 3.8) is 0 Å². The summed E-state index contributed by atoms with van der Waals surface area (Å²) in [6.45, 7) is 0. The van der Waals surface area contributed by atoms with Gasteiger partial charge in [0.2, 0.25) is 0 Å². The van der Waals surface area contributed by atoms with E-state index in [4.69, 9.17) is 11.0 Å². The fourth-order valence-corrected chi connectivity index (χ4v) is 2.34. The molecule has 0 amide bonds. The van der Waals surface area contributed by atoms with Crippen molar-refractivity contribution in [2.45, 2.75) is 63.8 Å². The van der Waals surface area contributed by atoms with Gasteiger partial charge >= 0.3 is 0 Å². The third-order valence-electron chi connectivity index (χ3n) is 3.27. The largest absolute Gasteiger partial charge is 0.316 e. The van der Waals surface area contributed by atoms with Gasteiger partial charge in [0.15, 0.2) is 0 Å². The molecule has 0 spiro atoms. The van der Waals surface area contributed by atoms with E-state index in [0.717, 1.165) is 18.8 Å². The first-order valence-corrected chi connectivity index (χ1v) is 5.98. The molecule has 0 radical (unpaired) electrons. The number of hydrogen-bond donors (Lipinski definition) is 1. The van der Waals surface area contributed by atoms with Gasteiger partial charge in [0.05, 0.1) is 12.1 Å². The summed E-state index contributed by atoms with van der Waals surface area (Å²) in [6.07, 6.45) is 11.8. The molecule has 0 aliphatic heterocycles. The quantitative estimate of drug-likeness (QED) is 0.699. The molecule has 0 aromatic rings. The van der Waals surface area contributed by atoms with Gasteiger partial charge in [0, 0.05) is 0 Å². The summed E-state index contributed by atoms with van der Waals surface area (Å²) in [5, 5.41) is 8.54. The molecule has 1 unspecified atom stereocenters. The maximum absolute atomic E-state index is 8.54. The number of nitrogens with zero attached hydrogens (tertiary/aromatic N) is 1. The van der Waals surface area contributed by atoms with E-state index in [1.807, 2.05) is 0 Å². The molecular formula is C12H22N2. The molecule has 0 heterocycles. The van der Waals surface area contributed by atoms with E-state index in [9.17, 15) is 0 Å². The maximum Gasteiger partial charge on any atom is 0.0928 e. The van der Waals surface area contributed by atoms with Crippen LogP contribution in [0.5, 0.6) is 0 Å². The second-order valence-electron chi connectivity index (χ2n) is 4.52. The van der Waals surface area contributed by atoms with Crippen molar-refractivity contribution < 1.29 is 0 Å². The smallest absolute Gasteiger partial charge is 0.0928 e. The van der Waals surface area contributed by atoms with Crippen LogP contribution >= 0.6 is 0 Å². The van der Waals surface area contributed by atoms with Gasteiger partial charge in [-0.15, -0.1) is 0 Å². The van der Waals surface area contributed by atoms with Gasteiger partial charge in [-0.25, -0.2) is 0 Å². The second kappa shape index (κ2) is 6.84. The third kappa shape index (κ3) is 4.62. The lowest BCUT2D eigenvalue weighted by atomic mass is 9.93. The van der Waals surface area contributed by atoms with E-state index in [1.165, 1.54) is 44.9 Å². The average molecular weight is 194 g/mol. The monoisotopic (exact) mass is 194 g/mol. The first kappa shape index (κ1) is 11.5. The van der Waals surface area contributed by atoms with Crippen molar-refractivity contribution in [3.8, 4) is 6.07 Å². The molecule has 80 valence electrons. The molecule has 1 saturated carbocycles. The number of nitriles is 1. The Morgan fingerprint density at radius 3 is 2.43 bits per heavy atom. The minimum atomic E-state index is -0.235. The van der Waals surface area contributed by atoms with Gasteiger partial charge in [-0.05, 0) is 12.3 Å². The van der Waals surface area contributed by atoms with Crippen molar-refractivity contribution in [2.24, 2.45) is 11.7 Å². The first-order chi connectivity index (χ1) is 6.83. The number of hydrogen-bond acceptors (Lipinski definition) is 2. The molecule has 1 rings (SSSR count). The van der Waals surface area contributed by atoms with Crippen molar-refractivity contribution >= 4 is 0 Å². The standard InChI is InChI=1S/C12H22N2/c13-10-12(14)9-5-8-11-6-3-1-2-4-7-11/h11-12H,1-9,14H2. The Labute approximate surface area is 87.5 Å². The average Bonchev–Trinajstić information content (AvgIpc) is 2.46. The minimum absolute atomic E-state index is 0.235. The van der Waals surface area contributed by atoms with Crippen LogP contribution in [-0.4, -0.2) is 6.04 Å². The lowest BCUT2D eigenvalue weighted by Crippen LogP contribution is -2.17. The normalized spacial score (nSPS) is 21.1. The van der Waals surface area contributed by atoms with Crippen molar-refractivity contribution in [1.29, 1.82) is 5.26 Å². The Kier molecular flexibility index (Phi) is 5.63. The summed E-state index contributed by atoms with van der Waals surface area (Å²) in [5.41, 5.74) is 5.56. The molecule has 0 aromatic carbocycles. The van der Waals surface area contributed by atoms with Gasteiger partial charge in [-0.1, -0.05) is 51.4 Å². The molecule has 2 nitrogen and oxygen atoms in total. The summed E-state index contributed by atoms with van der Waals surface area (Å²) in [5.74, 6) is 0.920. The van der Waals surface area contributed by atoms with Crippen LogP contribution in [0.15, 0.2) is 0 Å². The van der Waals surface area contributed by atoms with Gasteiger partial charge in [0.25, 0.3) is 0 Å². The lowest BCUT2D eigenvalue weighted by Gasteiger charge is -2.13. The molecule has 1 atom stereocenters. The molecule has 0 saturated heterocycles. The second-order valence-corrected chi connectivity index (χ2v) is 4.52. The number of nitrogens with two attached hydrogens (primary N) is 1. The van der Waals surface area contributed by atoms with E-state index in [1.54, 1.807) is 0 Å². The van der Waals surface area contributed by atoms with E-state index in [0.29, 0.717) is 0 Å². The molecule has 1 fully saturated rings. The lowest BCUT2D eigenvalue weighted by molar-refractivity contribution is 0.406. The van der Waals surface area contributed by atoms with Crippen LogP contribution in [0.3, 0.4) is 0 Å². The Hall–Kier alpha value is -0.550. The molecular weight excluding hydrogens is 172 g/mol. The highest BCUT2D eigenvalue weighted by Gasteiger charge is 2.12. The maximum atomic E-state index is 8.54. The molecule has 1 aliphatic rings. The van der Waals surface area contributed by atoms with Crippen LogP contribution < -0.4 is 5.73 Å². The van der Waals surface area contributed by atoms with Crippen LogP contribution in [0, 0.1) is 17.2 Å². The van der Waals surface area contributed by atoms with Crippen molar-refractivity contribution in [1.82, 2.24) is 0 Å². The van der Waals surface area contributed by atoms with Crippen molar-refractivity contribution in [3.05, 3.63) is 0 Å². The van der Waals surface area contributed by atoms with Crippen LogP contribution in [0.2, 0.25) is 0 Å². The first-order valence-electron chi connectivity index (χ1n) is 5.98. The highest BCUT2D eigenvalue weighted by molar-refractivity contribution is 4.86. The Bertz CT molecular complexity index is 175. The summed E-state index contributed by atoms with van der Waals surface area (Å²) >= 11 is 0. The van der Waals surface area contributed by atoms with Gasteiger partial charge in [0.1, 0.15) is 0 Å². The Balaban J connectivity index is 2.08. The van der Waals surface area contributed by atoms with E-state index in [2.05, 4.69) is 6.07 Å². The third-order valence-corrected chi connectivity index (χ3v) is 3.27. The molecule has 2 N–H and O–H groups in total. The zero-order valence-electron chi connectivity index (χ0n) is 9.04. The predicted octanol–water partition coefficient (Wildman–Crippen LogP) is 2.98. The molecule has 1 aliphatic carbocycles. The van der Waals surface area contributed by atoms with Gasteiger partial charge in [-0.3, -0.25) is 0 Å². The van der Waals surface area contributed by atoms with E-state index < -0.39 is 0 Å². The fourth-order valence-electron chi connectivity index (χ4n) is 2.34. The van der Waals surface area contributed by atoms with Gasteiger partial charge in [-0.2, -0.15) is 5.26 Å². The Morgan fingerprint density at radius 2 is 1.86 bits per heavy atom. The highest BCUT2D eigenvalue weighted by Crippen LogP contribution is 2.26. The van der Waals surface area contributed by atoms with Crippen LogP contribution in [0.25, 0.3) is 0 Å². The zero-order valence-corrected chi connectivity index (χ0v) is 9.04. The zero-order chi connectivity index (χ0) is 10.2. The molecule has 2 heteroatoms.